The van der Waals surface area contributed by atoms with Gasteiger partial charge in [-0.1, -0.05) is 6.92 Å². The van der Waals surface area contributed by atoms with Crippen molar-refractivity contribution in [2.75, 3.05) is 12.0 Å². The molecule has 0 aliphatic carbocycles. The third-order valence-electron chi connectivity index (χ3n) is 1.49. The number of hydrogen-bond donors (Lipinski definition) is 1. The molecule has 0 saturated heterocycles. The van der Waals surface area contributed by atoms with E-state index >= 15 is 0 Å². The third kappa shape index (κ3) is 4.33. The number of urea groups is 1. The SMILES string of the molecule is CCC(CSC)N(Cl)C(=O)NN=O. The number of amides is 2. The van der Waals surface area contributed by atoms with E-state index in [1.54, 1.807) is 17.2 Å². The third-order valence-corrected chi connectivity index (χ3v) is 2.63. The highest BCUT2D eigenvalue weighted by atomic mass is 35.5. The van der Waals surface area contributed by atoms with Crippen molar-refractivity contribution in [3.63, 3.8) is 0 Å². The summed E-state index contributed by atoms with van der Waals surface area (Å²) in [5, 5.41) is 2.25. The minimum Gasteiger partial charge on any atom is -0.245 e. The fraction of sp³-hybridized carbons (Fsp3) is 0.833. The van der Waals surface area contributed by atoms with Crippen molar-refractivity contribution in [1.29, 1.82) is 0 Å². The lowest BCUT2D eigenvalue weighted by Gasteiger charge is -2.21. The number of hydrogen-bond acceptors (Lipinski definition) is 4. The summed E-state index contributed by atoms with van der Waals surface area (Å²) < 4.78 is 0.970. The molecule has 1 unspecified atom stereocenters. The second kappa shape index (κ2) is 6.97. The van der Waals surface area contributed by atoms with Gasteiger partial charge in [0.15, 0.2) is 0 Å². The minimum atomic E-state index is -0.683. The molecule has 0 heterocycles. The van der Waals surface area contributed by atoms with E-state index in [1.165, 1.54) is 0 Å². The first kappa shape index (κ1) is 12.5. The molecule has 0 rings (SSSR count). The van der Waals surface area contributed by atoms with Crippen molar-refractivity contribution in [2.45, 2.75) is 19.4 Å². The van der Waals surface area contributed by atoms with E-state index in [-0.39, 0.29) is 6.04 Å². The molecule has 0 saturated carbocycles. The predicted molar refractivity (Wildman–Crippen MR) is 54.5 cm³/mol. The molecule has 7 heteroatoms. The smallest absolute Gasteiger partial charge is 0.245 e. The lowest BCUT2D eigenvalue weighted by atomic mass is 10.3. The van der Waals surface area contributed by atoms with Crippen LogP contribution in [0, 0.1) is 4.91 Å². The molecule has 0 aromatic carbocycles. The highest BCUT2D eigenvalue weighted by Gasteiger charge is 2.20. The Labute approximate surface area is 86.2 Å². The van der Waals surface area contributed by atoms with Gasteiger partial charge in [-0.25, -0.2) is 9.21 Å². The molecule has 0 aliphatic rings. The Morgan fingerprint density at radius 1 is 1.77 bits per heavy atom. The van der Waals surface area contributed by atoms with Gasteiger partial charge in [-0.05, 0) is 12.7 Å². The zero-order chi connectivity index (χ0) is 10.3. The van der Waals surface area contributed by atoms with Crippen LogP contribution in [0.25, 0.3) is 0 Å². The standard InChI is InChI=1S/C6H12ClN3O2S/c1-3-5(4-13-2)10(7)6(11)8-9-12/h5H,3-4H2,1-2H3,(H,8,11,12). The average Bonchev–Trinajstić information content (AvgIpc) is 2.13. The summed E-state index contributed by atoms with van der Waals surface area (Å²) >= 11 is 7.25. The molecular weight excluding hydrogens is 214 g/mol. The maximum atomic E-state index is 11.0. The molecule has 0 bridgehead atoms. The largest absolute Gasteiger partial charge is 0.355 e. The Kier molecular flexibility index (Phi) is 6.70. The minimum absolute atomic E-state index is 0.0848. The Morgan fingerprint density at radius 3 is 2.77 bits per heavy atom. The molecule has 5 nitrogen and oxygen atoms in total. The van der Waals surface area contributed by atoms with Gasteiger partial charge in [-0.2, -0.15) is 17.2 Å². The molecule has 0 spiro atoms. The average molecular weight is 226 g/mol. The number of rotatable bonds is 5. The summed E-state index contributed by atoms with van der Waals surface area (Å²) in [7, 11) is 0. The number of nitroso groups, excluding NO2 is 1. The topological polar surface area (TPSA) is 61.8 Å². The van der Waals surface area contributed by atoms with Crippen molar-refractivity contribution in [3.8, 4) is 0 Å². The number of nitrogens with zero attached hydrogens (tertiary/aromatic N) is 2. The first-order valence-corrected chi connectivity index (χ1v) is 5.46. The van der Waals surface area contributed by atoms with Gasteiger partial charge in [-0.15, -0.1) is 4.91 Å². The van der Waals surface area contributed by atoms with Crippen LogP contribution in [0.4, 0.5) is 4.79 Å². The fourth-order valence-electron chi connectivity index (χ4n) is 0.789. The van der Waals surface area contributed by atoms with Crippen LogP contribution in [0.15, 0.2) is 5.29 Å². The van der Waals surface area contributed by atoms with Crippen LogP contribution in [0.1, 0.15) is 13.3 Å². The molecule has 0 radical (unpaired) electrons. The molecule has 1 N–H and O–H groups in total. The quantitative estimate of drug-likeness (QED) is 0.442. The summed E-state index contributed by atoms with van der Waals surface area (Å²) in [4.78, 5) is 20.7. The predicted octanol–water partition coefficient (Wildman–Crippen LogP) is 1.97. The summed E-state index contributed by atoms with van der Waals surface area (Å²) in [5.41, 5.74) is 1.73. The summed E-state index contributed by atoms with van der Waals surface area (Å²) in [5.74, 6) is 0.728. The van der Waals surface area contributed by atoms with Crippen LogP contribution in [-0.4, -0.2) is 28.5 Å². The molecule has 2 amide bonds. The molecule has 0 aromatic rings. The fourth-order valence-corrected chi connectivity index (χ4v) is 1.88. The maximum Gasteiger partial charge on any atom is 0.355 e. The second-order valence-electron chi connectivity index (χ2n) is 2.34. The van der Waals surface area contributed by atoms with Crippen LogP contribution in [0.2, 0.25) is 0 Å². The lowest BCUT2D eigenvalue weighted by molar-refractivity contribution is 0.215. The van der Waals surface area contributed by atoms with Crippen LogP contribution in [0.3, 0.4) is 0 Å². The number of nitrogens with one attached hydrogen (secondary N) is 1. The number of halogens is 1. The van der Waals surface area contributed by atoms with Gasteiger partial charge in [0.2, 0.25) is 0 Å². The Balaban J connectivity index is 4.09. The van der Waals surface area contributed by atoms with Crippen molar-refractivity contribution in [3.05, 3.63) is 4.91 Å². The van der Waals surface area contributed by atoms with E-state index in [0.29, 0.717) is 0 Å². The molecular formula is C6H12ClN3O2S. The number of thioether (sulfide) groups is 1. The van der Waals surface area contributed by atoms with Crippen LogP contribution in [0.5, 0.6) is 0 Å². The molecule has 1 atom stereocenters. The van der Waals surface area contributed by atoms with Crippen LogP contribution >= 0.6 is 23.5 Å². The molecule has 0 aromatic heterocycles. The molecule has 76 valence electrons. The van der Waals surface area contributed by atoms with E-state index < -0.39 is 6.03 Å². The highest BCUT2D eigenvalue weighted by molar-refractivity contribution is 7.98. The summed E-state index contributed by atoms with van der Waals surface area (Å²) in [6.07, 6.45) is 2.65. The van der Waals surface area contributed by atoms with Gasteiger partial charge in [0, 0.05) is 17.5 Å². The number of carbonyl (C=O) groups excluding carboxylic acids is 1. The molecule has 13 heavy (non-hydrogen) atoms. The second-order valence-corrected chi connectivity index (χ2v) is 3.61. The molecule has 0 fully saturated rings. The Morgan fingerprint density at radius 2 is 2.38 bits per heavy atom. The zero-order valence-electron chi connectivity index (χ0n) is 7.49. The highest BCUT2D eigenvalue weighted by Crippen LogP contribution is 2.12. The maximum absolute atomic E-state index is 11.0. The first-order chi connectivity index (χ1) is 6.17. The first-order valence-electron chi connectivity index (χ1n) is 3.73. The number of carbonyl (C=O) groups is 1. The summed E-state index contributed by atoms with van der Waals surface area (Å²) in [6.45, 7) is 1.91. The zero-order valence-corrected chi connectivity index (χ0v) is 9.06. The van der Waals surface area contributed by atoms with Gasteiger partial charge in [0.25, 0.3) is 0 Å². The lowest BCUT2D eigenvalue weighted by Crippen LogP contribution is -2.39. The van der Waals surface area contributed by atoms with Gasteiger partial charge < -0.3 is 0 Å². The van der Waals surface area contributed by atoms with Gasteiger partial charge in [0.1, 0.15) is 0 Å². The van der Waals surface area contributed by atoms with Crippen molar-refractivity contribution >= 4 is 29.6 Å². The van der Waals surface area contributed by atoms with Crippen LogP contribution in [-0.2, 0) is 0 Å². The van der Waals surface area contributed by atoms with Gasteiger partial charge in [0.05, 0.1) is 11.3 Å². The molecule has 0 aliphatic heterocycles. The van der Waals surface area contributed by atoms with E-state index in [2.05, 4.69) is 5.29 Å². The van der Waals surface area contributed by atoms with Crippen molar-refractivity contribution in [1.82, 2.24) is 9.84 Å². The monoisotopic (exact) mass is 225 g/mol. The van der Waals surface area contributed by atoms with E-state index in [9.17, 15) is 9.70 Å². The van der Waals surface area contributed by atoms with Crippen LogP contribution < -0.4 is 5.43 Å². The Bertz CT molecular complexity index is 181. The van der Waals surface area contributed by atoms with Crippen molar-refractivity contribution in [2.24, 2.45) is 5.29 Å². The van der Waals surface area contributed by atoms with Gasteiger partial charge in [-0.3, -0.25) is 0 Å². The van der Waals surface area contributed by atoms with Crippen molar-refractivity contribution < 1.29 is 4.79 Å². The van der Waals surface area contributed by atoms with E-state index in [1.807, 2.05) is 13.2 Å². The van der Waals surface area contributed by atoms with E-state index in [4.69, 9.17) is 11.8 Å². The van der Waals surface area contributed by atoms with E-state index in [0.717, 1.165) is 16.6 Å². The normalized spacial score (nSPS) is 11.9. The van der Waals surface area contributed by atoms with Gasteiger partial charge >= 0.3 is 6.03 Å². The Hall–Kier alpha value is -0.490. The summed E-state index contributed by atoms with van der Waals surface area (Å²) in [6, 6.07) is -0.768.